The second-order valence-electron chi connectivity index (χ2n) is 5.84. The number of rotatable bonds is 3. The van der Waals surface area contributed by atoms with Gasteiger partial charge in [0.1, 0.15) is 7.85 Å². The number of nitrogens with one attached hydrogen (secondary N) is 1. The van der Waals surface area contributed by atoms with E-state index >= 15 is 0 Å². The highest BCUT2D eigenvalue weighted by atomic mass is 35.5. The van der Waals surface area contributed by atoms with E-state index in [1.165, 1.54) is 0 Å². The number of halogens is 1. The first-order valence-electron chi connectivity index (χ1n) is 5.71. The van der Waals surface area contributed by atoms with E-state index in [1.54, 1.807) is 24.3 Å². The Hall–Kier alpha value is -0.795. The number of hydrogen-bond acceptors (Lipinski definition) is 2. The Labute approximate surface area is 109 Å². The Balaban J connectivity index is 2.96. The van der Waals surface area contributed by atoms with Crippen LogP contribution in [0.5, 0.6) is 0 Å². The van der Waals surface area contributed by atoms with Gasteiger partial charge in [0.2, 0.25) is 0 Å². The molecule has 1 aromatic rings. The van der Waals surface area contributed by atoms with Crippen molar-refractivity contribution in [2.24, 2.45) is 0 Å². The first-order chi connectivity index (χ1) is 7.62. The normalized spacial score (nSPS) is 15.4. The van der Waals surface area contributed by atoms with Crippen LogP contribution in [0.15, 0.2) is 24.3 Å². The number of carbonyl (C=O) groups excluding carboxylic acids is 1. The zero-order valence-electron chi connectivity index (χ0n) is 11.1. The maximum absolute atomic E-state index is 12.4. The molecule has 0 bridgehead atoms. The third-order valence-electron chi connectivity index (χ3n) is 2.34. The molecule has 0 radical (unpaired) electrons. The monoisotopic (exact) mass is 251 g/mol. The van der Waals surface area contributed by atoms with Crippen LogP contribution in [0.2, 0.25) is 5.02 Å². The van der Waals surface area contributed by atoms with Crippen LogP contribution < -0.4 is 5.32 Å². The van der Waals surface area contributed by atoms with Gasteiger partial charge in [-0.15, -0.1) is 0 Å². The molecule has 0 saturated heterocycles. The molecule has 0 aliphatic carbocycles. The van der Waals surface area contributed by atoms with Crippen molar-refractivity contribution in [3.05, 3.63) is 34.9 Å². The number of hydrogen-bond donors (Lipinski definition) is 1. The molecule has 1 unspecified atom stereocenters. The Bertz CT molecular complexity index is 424. The number of Topliss-reactive ketones (excluding diaryl/α,β-unsaturated/α-hetero) is 1. The average molecular weight is 252 g/mol. The van der Waals surface area contributed by atoms with Crippen LogP contribution in [0.1, 0.15) is 38.1 Å². The van der Waals surface area contributed by atoms with Crippen molar-refractivity contribution in [1.29, 1.82) is 0 Å². The third-order valence-corrected chi connectivity index (χ3v) is 2.58. The molecule has 0 aliphatic heterocycles. The quantitative estimate of drug-likeness (QED) is 0.659. The van der Waals surface area contributed by atoms with Gasteiger partial charge in [-0.05, 0) is 39.8 Å². The summed E-state index contributed by atoms with van der Waals surface area (Å²) < 4.78 is 0. The molecule has 0 heterocycles. The van der Waals surface area contributed by atoms with E-state index in [0.29, 0.717) is 10.6 Å². The molecule has 92 valence electrons. The van der Waals surface area contributed by atoms with Gasteiger partial charge in [0, 0.05) is 21.6 Å². The summed E-state index contributed by atoms with van der Waals surface area (Å²) in [4.78, 5) is 12.4. The van der Waals surface area contributed by atoms with Crippen LogP contribution in [-0.2, 0) is 0 Å². The van der Waals surface area contributed by atoms with E-state index in [-0.39, 0.29) is 11.3 Å². The van der Waals surface area contributed by atoms with Gasteiger partial charge in [0.05, 0.1) is 0 Å². The van der Waals surface area contributed by atoms with E-state index in [4.69, 9.17) is 11.6 Å². The smallest absolute Gasteiger partial charge is 0.173 e. The highest BCUT2D eigenvalue weighted by molar-refractivity contribution is 6.33. The lowest BCUT2D eigenvalue weighted by molar-refractivity contribution is 0.0907. The van der Waals surface area contributed by atoms with E-state index in [2.05, 4.69) is 5.32 Å². The largest absolute Gasteiger partial charge is 0.307 e. The molecular weight excluding hydrogens is 232 g/mol. The Morgan fingerprint density at radius 3 is 2.35 bits per heavy atom. The van der Waals surface area contributed by atoms with Gasteiger partial charge in [-0.1, -0.05) is 23.7 Å². The van der Waals surface area contributed by atoms with Crippen molar-refractivity contribution in [3.8, 4) is 0 Å². The maximum Gasteiger partial charge on any atom is 0.173 e. The summed E-state index contributed by atoms with van der Waals surface area (Å²) in [6.07, 6.45) is 0. The Kier molecular flexibility index (Phi) is 4.05. The highest BCUT2D eigenvalue weighted by Gasteiger charge is 2.31. The maximum atomic E-state index is 12.4. The molecular formula is C13H19BClNO. The van der Waals surface area contributed by atoms with Gasteiger partial charge >= 0.3 is 0 Å². The lowest BCUT2D eigenvalue weighted by atomic mass is 9.72. The molecule has 2 nitrogen and oxygen atoms in total. The predicted octanol–water partition coefficient (Wildman–Crippen LogP) is 2.26. The zero-order valence-corrected chi connectivity index (χ0v) is 11.9. The van der Waals surface area contributed by atoms with E-state index in [1.807, 2.05) is 35.5 Å². The van der Waals surface area contributed by atoms with Gasteiger partial charge < -0.3 is 5.32 Å². The SMILES string of the molecule is BC(C)(NC(C)(C)C)C(=O)c1cccc(Cl)c1. The topological polar surface area (TPSA) is 29.1 Å². The van der Waals surface area contributed by atoms with E-state index < -0.39 is 5.44 Å². The predicted molar refractivity (Wildman–Crippen MR) is 75.6 cm³/mol. The average Bonchev–Trinajstić information content (AvgIpc) is 2.12. The number of carbonyl (C=O) groups is 1. The van der Waals surface area contributed by atoms with Gasteiger partial charge in [0.25, 0.3) is 0 Å². The fourth-order valence-corrected chi connectivity index (χ4v) is 2.18. The highest BCUT2D eigenvalue weighted by Crippen LogP contribution is 2.17. The molecule has 1 aromatic carbocycles. The van der Waals surface area contributed by atoms with Gasteiger partial charge in [0.15, 0.2) is 5.78 Å². The van der Waals surface area contributed by atoms with E-state index in [0.717, 1.165) is 0 Å². The van der Waals surface area contributed by atoms with Gasteiger partial charge in [-0.25, -0.2) is 0 Å². The molecule has 0 amide bonds. The van der Waals surface area contributed by atoms with Crippen molar-refractivity contribution in [2.45, 2.75) is 38.7 Å². The summed E-state index contributed by atoms with van der Waals surface area (Å²) >= 11 is 5.90. The summed E-state index contributed by atoms with van der Waals surface area (Å²) in [7, 11) is 1.89. The van der Waals surface area contributed by atoms with Gasteiger partial charge in [-0.2, -0.15) is 0 Å². The summed E-state index contributed by atoms with van der Waals surface area (Å²) in [6, 6.07) is 7.06. The fourth-order valence-electron chi connectivity index (χ4n) is 1.98. The second-order valence-corrected chi connectivity index (χ2v) is 6.28. The Morgan fingerprint density at radius 2 is 1.88 bits per heavy atom. The first kappa shape index (κ1) is 14.3. The van der Waals surface area contributed by atoms with Crippen LogP contribution >= 0.6 is 11.6 Å². The molecule has 0 aromatic heterocycles. The minimum Gasteiger partial charge on any atom is -0.307 e. The van der Waals surface area contributed by atoms with Crippen LogP contribution in [-0.4, -0.2) is 24.6 Å². The van der Waals surface area contributed by atoms with Crippen LogP contribution in [0.4, 0.5) is 0 Å². The summed E-state index contributed by atoms with van der Waals surface area (Å²) in [5, 5.41) is 3.91. The standard InChI is InChI=1S/C13H19BClNO/c1-12(2,3)16-13(4,14)11(17)9-6-5-7-10(15)8-9/h5-8,16H,14H2,1-4H3. The molecule has 1 N–H and O–H groups in total. The third kappa shape index (κ3) is 4.17. The summed E-state index contributed by atoms with van der Waals surface area (Å²) in [6.45, 7) is 8.02. The van der Waals surface area contributed by atoms with Crippen LogP contribution in [0.25, 0.3) is 0 Å². The van der Waals surface area contributed by atoms with Crippen LogP contribution in [0, 0.1) is 0 Å². The number of benzene rings is 1. The molecule has 1 rings (SSSR count). The van der Waals surface area contributed by atoms with Crippen molar-refractivity contribution in [1.82, 2.24) is 5.32 Å². The van der Waals surface area contributed by atoms with Crippen molar-refractivity contribution < 1.29 is 4.79 Å². The molecule has 17 heavy (non-hydrogen) atoms. The van der Waals surface area contributed by atoms with E-state index in [9.17, 15) is 4.79 Å². The lowest BCUT2D eigenvalue weighted by Crippen LogP contribution is -2.57. The van der Waals surface area contributed by atoms with Crippen LogP contribution in [0.3, 0.4) is 0 Å². The summed E-state index contributed by atoms with van der Waals surface area (Å²) in [5.74, 6) is 0.0509. The second kappa shape index (κ2) is 4.83. The Morgan fingerprint density at radius 1 is 1.29 bits per heavy atom. The first-order valence-corrected chi connectivity index (χ1v) is 6.09. The van der Waals surface area contributed by atoms with Crippen molar-refractivity contribution >= 4 is 25.2 Å². The molecule has 0 aliphatic rings. The number of ketones is 1. The molecule has 0 spiro atoms. The molecule has 0 fully saturated rings. The minimum absolute atomic E-state index is 0.0509. The fraction of sp³-hybridized carbons (Fsp3) is 0.462. The van der Waals surface area contributed by atoms with Crippen molar-refractivity contribution in [3.63, 3.8) is 0 Å². The molecule has 0 saturated carbocycles. The molecule has 4 heteroatoms. The minimum atomic E-state index is -0.608. The molecule has 1 atom stereocenters. The lowest BCUT2D eigenvalue weighted by Gasteiger charge is -2.34. The summed E-state index contributed by atoms with van der Waals surface area (Å²) in [5.41, 5.74) is -0.0834. The zero-order chi connectivity index (χ0) is 13.3. The van der Waals surface area contributed by atoms with Crippen molar-refractivity contribution in [2.75, 3.05) is 0 Å². The van der Waals surface area contributed by atoms with Gasteiger partial charge in [-0.3, -0.25) is 4.79 Å².